The topological polar surface area (TPSA) is 65.7 Å². The van der Waals surface area contributed by atoms with Crippen molar-refractivity contribution in [2.24, 2.45) is 0 Å². The quantitative estimate of drug-likeness (QED) is 0.748. The molecule has 4 rings (SSSR count). The number of fused-ring (bicyclic) bond motifs is 1. The molecule has 1 N–H and O–H groups in total. The minimum Gasteiger partial charge on any atom is -0.496 e. The van der Waals surface area contributed by atoms with Crippen LogP contribution in [0.3, 0.4) is 0 Å². The highest BCUT2D eigenvalue weighted by Crippen LogP contribution is 2.41. The largest absolute Gasteiger partial charge is 0.496 e. The molecule has 2 aromatic carbocycles. The number of halogens is 1. The molecule has 0 fully saturated rings. The van der Waals surface area contributed by atoms with Crippen LogP contribution in [0.15, 0.2) is 48.8 Å². The van der Waals surface area contributed by atoms with E-state index in [1.807, 2.05) is 10.6 Å². The van der Waals surface area contributed by atoms with Gasteiger partial charge in [0.25, 0.3) is 0 Å². The van der Waals surface area contributed by atoms with E-state index in [0.717, 1.165) is 5.56 Å². The van der Waals surface area contributed by atoms with Crippen LogP contribution >= 0.6 is 0 Å². The first-order valence-electron chi connectivity index (χ1n) is 8.58. The van der Waals surface area contributed by atoms with Crippen LogP contribution in [-0.2, 0) is 0 Å². The second-order valence-electron chi connectivity index (χ2n) is 6.10. The predicted molar refractivity (Wildman–Crippen MR) is 96.8 cm³/mol. The zero-order chi connectivity index (χ0) is 18.8. The number of ether oxygens (including phenoxy) is 3. The SMILES string of the molecule is COc1cc2c(cc1-c1nccn1C(CO)c1ccc(F)cc1)OCCO2. The Morgan fingerprint density at radius 3 is 2.56 bits per heavy atom. The smallest absolute Gasteiger partial charge is 0.165 e. The lowest BCUT2D eigenvalue weighted by Gasteiger charge is -2.23. The fourth-order valence-corrected chi connectivity index (χ4v) is 3.23. The van der Waals surface area contributed by atoms with Crippen LogP contribution < -0.4 is 14.2 Å². The van der Waals surface area contributed by atoms with Gasteiger partial charge < -0.3 is 23.9 Å². The van der Waals surface area contributed by atoms with Crippen molar-refractivity contribution in [2.45, 2.75) is 6.04 Å². The third-order valence-corrected chi connectivity index (χ3v) is 4.54. The van der Waals surface area contributed by atoms with E-state index in [-0.39, 0.29) is 12.4 Å². The Labute approximate surface area is 155 Å². The monoisotopic (exact) mass is 370 g/mol. The van der Waals surface area contributed by atoms with Gasteiger partial charge >= 0.3 is 0 Å². The fourth-order valence-electron chi connectivity index (χ4n) is 3.23. The number of aliphatic hydroxyl groups is 1. The third kappa shape index (κ3) is 3.21. The van der Waals surface area contributed by atoms with Crippen LogP contribution in [0.4, 0.5) is 4.39 Å². The van der Waals surface area contributed by atoms with Gasteiger partial charge in [0.1, 0.15) is 30.6 Å². The van der Waals surface area contributed by atoms with E-state index < -0.39 is 6.04 Å². The van der Waals surface area contributed by atoms with Gasteiger partial charge in [-0.25, -0.2) is 9.37 Å². The van der Waals surface area contributed by atoms with Crippen LogP contribution in [0.2, 0.25) is 0 Å². The Balaban J connectivity index is 1.80. The lowest BCUT2D eigenvalue weighted by atomic mass is 10.1. The van der Waals surface area contributed by atoms with Crippen LogP contribution in [0.1, 0.15) is 11.6 Å². The molecule has 0 aliphatic carbocycles. The Morgan fingerprint density at radius 1 is 1.19 bits per heavy atom. The van der Waals surface area contributed by atoms with Crippen molar-refractivity contribution in [3.8, 4) is 28.6 Å². The van der Waals surface area contributed by atoms with Crippen LogP contribution in [0, 0.1) is 5.82 Å². The molecule has 2 heterocycles. The Bertz CT molecular complexity index is 940. The first kappa shape index (κ1) is 17.4. The molecule has 6 nitrogen and oxygen atoms in total. The van der Waals surface area contributed by atoms with E-state index in [1.54, 1.807) is 37.7 Å². The van der Waals surface area contributed by atoms with Crippen LogP contribution in [0.25, 0.3) is 11.4 Å². The van der Waals surface area contributed by atoms with Gasteiger partial charge in [0.05, 0.1) is 25.3 Å². The lowest BCUT2D eigenvalue weighted by molar-refractivity contribution is 0.171. The van der Waals surface area contributed by atoms with Crippen molar-refractivity contribution < 1.29 is 23.7 Å². The average Bonchev–Trinajstić information content (AvgIpc) is 3.18. The van der Waals surface area contributed by atoms with Crippen molar-refractivity contribution in [1.29, 1.82) is 0 Å². The molecular formula is C20H19FN2O4. The summed E-state index contributed by atoms with van der Waals surface area (Å²) in [6, 6.07) is 9.24. The van der Waals surface area contributed by atoms with Gasteiger partial charge in [-0.1, -0.05) is 12.1 Å². The van der Waals surface area contributed by atoms with Gasteiger partial charge in [-0.15, -0.1) is 0 Å². The van der Waals surface area contributed by atoms with Crippen molar-refractivity contribution in [3.05, 3.63) is 60.2 Å². The Hall–Kier alpha value is -3.06. The highest BCUT2D eigenvalue weighted by atomic mass is 19.1. The minimum absolute atomic E-state index is 0.165. The lowest BCUT2D eigenvalue weighted by Crippen LogP contribution is -2.17. The molecule has 0 radical (unpaired) electrons. The number of imidazole rings is 1. The van der Waals surface area contributed by atoms with Gasteiger partial charge in [0.2, 0.25) is 0 Å². The maximum Gasteiger partial charge on any atom is 0.165 e. The molecule has 0 spiro atoms. The van der Waals surface area contributed by atoms with Crippen molar-refractivity contribution in [2.75, 3.05) is 26.9 Å². The summed E-state index contributed by atoms with van der Waals surface area (Å²) in [6.07, 6.45) is 3.42. The number of aromatic nitrogens is 2. The maximum absolute atomic E-state index is 13.3. The Kier molecular flexibility index (Phi) is 4.68. The predicted octanol–water partition coefficient (Wildman–Crippen LogP) is 3.05. The first-order chi connectivity index (χ1) is 13.2. The molecule has 0 saturated heterocycles. The number of rotatable bonds is 5. The summed E-state index contributed by atoms with van der Waals surface area (Å²) in [4.78, 5) is 4.46. The maximum atomic E-state index is 13.3. The molecule has 140 valence electrons. The van der Waals surface area contributed by atoms with Gasteiger partial charge in [-0.3, -0.25) is 0 Å². The van der Waals surface area contributed by atoms with Gasteiger partial charge in [-0.05, 0) is 23.8 Å². The highest BCUT2D eigenvalue weighted by molar-refractivity contribution is 5.70. The van der Waals surface area contributed by atoms with Gasteiger partial charge in [0, 0.05) is 18.5 Å². The van der Waals surface area contributed by atoms with E-state index in [0.29, 0.717) is 41.9 Å². The molecule has 1 aliphatic heterocycles. The summed E-state index contributed by atoms with van der Waals surface area (Å²) in [5.74, 6) is 2.11. The molecular weight excluding hydrogens is 351 g/mol. The summed E-state index contributed by atoms with van der Waals surface area (Å²) in [5, 5.41) is 9.99. The van der Waals surface area contributed by atoms with E-state index in [1.165, 1.54) is 12.1 Å². The molecule has 1 unspecified atom stereocenters. The van der Waals surface area contributed by atoms with Crippen molar-refractivity contribution in [1.82, 2.24) is 9.55 Å². The fraction of sp³-hybridized carbons (Fsp3) is 0.250. The molecule has 3 aromatic rings. The molecule has 7 heteroatoms. The number of methoxy groups -OCH3 is 1. The van der Waals surface area contributed by atoms with Crippen molar-refractivity contribution >= 4 is 0 Å². The van der Waals surface area contributed by atoms with Gasteiger partial charge in [-0.2, -0.15) is 0 Å². The summed E-state index contributed by atoms with van der Waals surface area (Å²) >= 11 is 0. The molecule has 0 saturated carbocycles. The standard InChI is InChI=1S/C20H19FN2O4/c1-25-17-11-19-18(26-8-9-27-19)10-15(17)20-22-6-7-23(20)16(12-24)13-2-4-14(21)5-3-13/h2-7,10-11,16,24H,8-9,12H2,1H3. The summed E-state index contributed by atoms with van der Waals surface area (Å²) in [7, 11) is 1.58. The normalized spacial score (nSPS) is 14.0. The molecule has 27 heavy (non-hydrogen) atoms. The number of hydrogen-bond acceptors (Lipinski definition) is 5. The third-order valence-electron chi connectivity index (χ3n) is 4.54. The van der Waals surface area contributed by atoms with Crippen LogP contribution in [0.5, 0.6) is 17.2 Å². The van der Waals surface area contributed by atoms with Crippen molar-refractivity contribution in [3.63, 3.8) is 0 Å². The molecule has 1 aromatic heterocycles. The second-order valence-corrected chi connectivity index (χ2v) is 6.10. The van der Waals surface area contributed by atoms with E-state index in [4.69, 9.17) is 14.2 Å². The summed E-state index contributed by atoms with van der Waals surface area (Å²) in [6.45, 7) is 0.797. The summed E-state index contributed by atoms with van der Waals surface area (Å²) in [5.41, 5.74) is 1.49. The summed E-state index contributed by atoms with van der Waals surface area (Å²) < 4.78 is 31.9. The molecule has 1 aliphatic rings. The average molecular weight is 370 g/mol. The molecule has 0 amide bonds. The van der Waals surface area contributed by atoms with Crippen LogP contribution in [-0.4, -0.2) is 41.6 Å². The van der Waals surface area contributed by atoms with Gasteiger partial charge in [0.15, 0.2) is 11.5 Å². The number of benzene rings is 2. The molecule has 0 bridgehead atoms. The second kappa shape index (κ2) is 7.28. The molecule has 1 atom stereocenters. The Morgan fingerprint density at radius 2 is 1.89 bits per heavy atom. The number of hydrogen-bond donors (Lipinski definition) is 1. The first-order valence-corrected chi connectivity index (χ1v) is 8.58. The number of aliphatic hydroxyl groups excluding tert-OH is 1. The van der Waals surface area contributed by atoms with E-state index in [9.17, 15) is 9.50 Å². The van der Waals surface area contributed by atoms with E-state index in [2.05, 4.69) is 4.98 Å². The zero-order valence-electron chi connectivity index (χ0n) is 14.8. The van der Waals surface area contributed by atoms with E-state index >= 15 is 0 Å². The minimum atomic E-state index is -0.416. The number of nitrogens with zero attached hydrogens (tertiary/aromatic N) is 2. The highest BCUT2D eigenvalue weighted by Gasteiger charge is 2.23. The zero-order valence-corrected chi connectivity index (χ0v) is 14.8.